The molecule has 1 aromatic carbocycles. The number of ether oxygens (including phenoxy) is 3. The molecule has 13 heavy (non-hydrogen) atoms. The van der Waals surface area contributed by atoms with Crippen molar-refractivity contribution in [1.29, 1.82) is 0 Å². The average molecular weight is 179 g/mol. The summed E-state index contributed by atoms with van der Waals surface area (Å²) in [5, 5.41) is 0. The highest BCUT2D eigenvalue weighted by Gasteiger charge is 2.19. The van der Waals surface area contributed by atoms with Gasteiger partial charge in [0.1, 0.15) is 0 Å². The first kappa shape index (κ1) is 8.38. The van der Waals surface area contributed by atoms with Gasteiger partial charge in [0.2, 0.25) is 6.29 Å². The molecule has 2 rings (SSSR count). The molecule has 0 aromatic heterocycles. The topological polar surface area (TPSA) is 27.7 Å². The van der Waals surface area contributed by atoms with Crippen molar-refractivity contribution in [3.63, 3.8) is 0 Å². The maximum Gasteiger partial charge on any atom is 0.234 e. The molecular formula is C10H11O3. The molecule has 0 spiro atoms. The SMILES string of the molecule is [CH2]COC1COc2ccccc2O1. The van der Waals surface area contributed by atoms with Crippen LogP contribution in [0.3, 0.4) is 0 Å². The molecule has 3 nitrogen and oxygen atoms in total. The molecule has 0 fully saturated rings. The van der Waals surface area contributed by atoms with Gasteiger partial charge in [-0.25, -0.2) is 0 Å². The summed E-state index contributed by atoms with van der Waals surface area (Å²) >= 11 is 0. The van der Waals surface area contributed by atoms with Crippen LogP contribution >= 0.6 is 0 Å². The van der Waals surface area contributed by atoms with E-state index in [0.717, 1.165) is 11.5 Å². The Labute approximate surface area is 77.2 Å². The standard InChI is InChI=1S/C10H11O3/c1-2-11-10-7-12-8-5-3-4-6-9(8)13-10/h3-6,10H,1-2,7H2. The Kier molecular flexibility index (Phi) is 2.36. The minimum Gasteiger partial charge on any atom is -0.483 e. The maximum atomic E-state index is 5.49. The van der Waals surface area contributed by atoms with E-state index < -0.39 is 0 Å². The van der Waals surface area contributed by atoms with Gasteiger partial charge in [-0.05, 0) is 19.1 Å². The number of fused-ring (bicyclic) bond motifs is 1. The van der Waals surface area contributed by atoms with E-state index in [2.05, 4.69) is 6.92 Å². The van der Waals surface area contributed by atoms with Crippen molar-refractivity contribution < 1.29 is 14.2 Å². The fourth-order valence-electron chi connectivity index (χ4n) is 1.21. The van der Waals surface area contributed by atoms with E-state index in [9.17, 15) is 0 Å². The normalized spacial score (nSPS) is 19.9. The van der Waals surface area contributed by atoms with E-state index in [4.69, 9.17) is 14.2 Å². The summed E-state index contributed by atoms with van der Waals surface area (Å²) in [7, 11) is 0. The number of para-hydroxylation sites is 2. The molecule has 0 bridgehead atoms. The maximum absolute atomic E-state index is 5.49. The predicted molar refractivity (Wildman–Crippen MR) is 47.7 cm³/mol. The summed E-state index contributed by atoms with van der Waals surface area (Å²) in [4.78, 5) is 0. The van der Waals surface area contributed by atoms with Gasteiger partial charge in [0, 0.05) is 0 Å². The van der Waals surface area contributed by atoms with Gasteiger partial charge < -0.3 is 14.2 Å². The lowest BCUT2D eigenvalue weighted by molar-refractivity contribution is -0.107. The Morgan fingerprint density at radius 3 is 2.92 bits per heavy atom. The lowest BCUT2D eigenvalue weighted by Gasteiger charge is -2.25. The van der Waals surface area contributed by atoms with Crippen molar-refractivity contribution >= 4 is 0 Å². The molecule has 1 aliphatic heterocycles. The highest BCUT2D eigenvalue weighted by Crippen LogP contribution is 2.30. The predicted octanol–water partition coefficient (Wildman–Crippen LogP) is 1.63. The summed E-state index contributed by atoms with van der Waals surface area (Å²) in [5.74, 6) is 1.50. The van der Waals surface area contributed by atoms with Gasteiger partial charge in [0.15, 0.2) is 18.1 Å². The van der Waals surface area contributed by atoms with Crippen LogP contribution < -0.4 is 9.47 Å². The molecule has 1 radical (unpaired) electrons. The van der Waals surface area contributed by atoms with E-state index >= 15 is 0 Å². The fraction of sp³-hybridized carbons (Fsp3) is 0.300. The smallest absolute Gasteiger partial charge is 0.234 e. The molecule has 0 amide bonds. The summed E-state index contributed by atoms with van der Waals surface area (Å²) < 4.78 is 16.1. The van der Waals surface area contributed by atoms with E-state index in [0.29, 0.717) is 13.2 Å². The lowest BCUT2D eigenvalue weighted by atomic mass is 10.3. The first-order valence-corrected chi connectivity index (χ1v) is 4.19. The molecule has 0 saturated heterocycles. The quantitative estimate of drug-likeness (QED) is 0.690. The molecule has 1 aromatic rings. The van der Waals surface area contributed by atoms with E-state index in [1.807, 2.05) is 24.3 Å². The van der Waals surface area contributed by atoms with E-state index in [1.165, 1.54) is 0 Å². The second kappa shape index (κ2) is 3.66. The third-order valence-corrected chi connectivity index (χ3v) is 1.79. The molecule has 1 heterocycles. The summed E-state index contributed by atoms with van der Waals surface area (Å²) in [6, 6.07) is 7.53. The minimum absolute atomic E-state index is 0.326. The third-order valence-electron chi connectivity index (χ3n) is 1.79. The molecule has 1 unspecified atom stereocenters. The molecule has 1 aliphatic rings. The van der Waals surface area contributed by atoms with Crippen molar-refractivity contribution in [2.75, 3.05) is 13.2 Å². The van der Waals surface area contributed by atoms with Crippen LogP contribution in [0.25, 0.3) is 0 Å². The van der Waals surface area contributed by atoms with Crippen molar-refractivity contribution in [1.82, 2.24) is 0 Å². The summed E-state index contributed by atoms with van der Waals surface area (Å²) in [6.45, 7) is 4.39. The minimum atomic E-state index is -0.326. The van der Waals surface area contributed by atoms with Crippen LogP contribution in [0.4, 0.5) is 0 Å². The van der Waals surface area contributed by atoms with Gasteiger partial charge in [0.25, 0.3) is 0 Å². The van der Waals surface area contributed by atoms with Gasteiger partial charge in [-0.15, -0.1) is 0 Å². The van der Waals surface area contributed by atoms with Gasteiger partial charge in [-0.3, -0.25) is 0 Å². The van der Waals surface area contributed by atoms with Crippen LogP contribution in [0.1, 0.15) is 0 Å². The average Bonchev–Trinajstić information content (AvgIpc) is 2.18. The Morgan fingerprint density at radius 2 is 2.15 bits per heavy atom. The Bertz CT molecular complexity index is 285. The Balaban J connectivity index is 2.11. The van der Waals surface area contributed by atoms with E-state index in [1.54, 1.807) is 0 Å². The Hall–Kier alpha value is -1.22. The first-order chi connectivity index (χ1) is 6.40. The van der Waals surface area contributed by atoms with Gasteiger partial charge in [-0.1, -0.05) is 12.1 Å². The molecule has 69 valence electrons. The van der Waals surface area contributed by atoms with Crippen LogP contribution in [0.5, 0.6) is 11.5 Å². The number of rotatable bonds is 2. The second-order valence-electron chi connectivity index (χ2n) is 2.68. The van der Waals surface area contributed by atoms with Crippen LogP contribution in [0.2, 0.25) is 0 Å². The zero-order valence-corrected chi connectivity index (χ0v) is 7.23. The highest BCUT2D eigenvalue weighted by molar-refractivity contribution is 5.40. The Morgan fingerprint density at radius 1 is 1.38 bits per heavy atom. The van der Waals surface area contributed by atoms with Crippen LogP contribution in [0, 0.1) is 6.92 Å². The van der Waals surface area contributed by atoms with Crippen molar-refractivity contribution in [3.8, 4) is 11.5 Å². The van der Waals surface area contributed by atoms with Crippen molar-refractivity contribution in [2.24, 2.45) is 0 Å². The molecule has 0 N–H and O–H groups in total. The van der Waals surface area contributed by atoms with Crippen molar-refractivity contribution in [3.05, 3.63) is 31.2 Å². The zero-order valence-electron chi connectivity index (χ0n) is 7.23. The molecular weight excluding hydrogens is 168 g/mol. The highest BCUT2D eigenvalue weighted by atomic mass is 16.7. The van der Waals surface area contributed by atoms with Gasteiger partial charge in [-0.2, -0.15) is 0 Å². The molecule has 0 saturated carbocycles. The molecule has 0 aliphatic carbocycles. The van der Waals surface area contributed by atoms with Crippen molar-refractivity contribution in [2.45, 2.75) is 6.29 Å². The zero-order chi connectivity index (χ0) is 9.10. The lowest BCUT2D eigenvalue weighted by Crippen LogP contribution is -2.31. The van der Waals surface area contributed by atoms with Crippen LogP contribution in [-0.4, -0.2) is 19.5 Å². The van der Waals surface area contributed by atoms with Gasteiger partial charge in [0.05, 0.1) is 6.61 Å². The number of hydrogen-bond donors (Lipinski definition) is 0. The van der Waals surface area contributed by atoms with Crippen LogP contribution in [-0.2, 0) is 4.74 Å². The van der Waals surface area contributed by atoms with E-state index in [-0.39, 0.29) is 6.29 Å². The molecule has 3 heteroatoms. The largest absolute Gasteiger partial charge is 0.483 e. The van der Waals surface area contributed by atoms with Crippen LogP contribution in [0.15, 0.2) is 24.3 Å². The first-order valence-electron chi connectivity index (χ1n) is 4.19. The number of benzene rings is 1. The van der Waals surface area contributed by atoms with Gasteiger partial charge >= 0.3 is 0 Å². The fourth-order valence-corrected chi connectivity index (χ4v) is 1.21. The number of hydrogen-bond acceptors (Lipinski definition) is 3. The second-order valence-corrected chi connectivity index (χ2v) is 2.68. The third kappa shape index (κ3) is 1.75. The summed E-state index contributed by atoms with van der Waals surface area (Å²) in [5.41, 5.74) is 0. The summed E-state index contributed by atoms with van der Waals surface area (Å²) in [6.07, 6.45) is -0.326. The molecule has 1 atom stereocenters. The monoisotopic (exact) mass is 179 g/mol.